The maximum atomic E-state index is 13.3. The minimum atomic E-state index is -2.22. The van der Waals surface area contributed by atoms with E-state index in [1.54, 1.807) is 41.5 Å². The van der Waals surface area contributed by atoms with Gasteiger partial charge in [-0.1, -0.05) is 16.8 Å². The summed E-state index contributed by atoms with van der Waals surface area (Å²) in [5, 5.41) is 22.3. The van der Waals surface area contributed by atoms with Crippen LogP contribution in [0, 0.1) is 0 Å². The fraction of sp³-hybridized carbons (Fsp3) is 0.227. The van der Waals surface area contributed by atoms with Gasteiger partial charge in [0.25, 0.3) is 11.8 Å². The summed E-state index contributed by atoms with van der Waals surface area (Å²) in [6.07, 6.45) is 3.49. The smallest absolute Gasteiger partial charge is 0.260 e. The van der Waals surface area contributed by atoms with Crippen molar-refractivity contribution in [1.82, 2.24) is 19.9 Å². The summed E-state index contributed by atoms with van der Waals surface area (Å²) in [4.78, 5) is 31.6. The molecule has 4 aromatic rings. The molecule has 5 rings (SSSR count). The number of carbonyl (C=O) groups is 2. The second-order valence-corrected chi connectivity index (χ2v) is 8.47. The number of hydrogen-bond acceptors (Lipinski definition) is 9. The van der Waals surface area contributed by atoms with Gasteiger partial charge in [-0.3, -0.25) is 19.5 Å². The summed E-state index contributed by atoms with van der Waals surface area (Å²) in [7, 11) is 0. The molecule has 4 heterocycles. The fourth-order valence-corrected chi connectivity index (χ4v) is 4.12. The highest BCUT2D eigenvalue weighted by molar-refractivity contribution is 6.36. The topological polar surface area (TPSA) is 162 Å². The zero-order valence-corrected chi connectivity index (χ0v) is 19.1. The van der Waals surface area contributed by atoms with E-state index in [0.29, 0.717) is 11.2 Å². The Bertz CT molecular complexity index is 1420. The number of morpholine rings is 1. The summed E-state index contributed by atoms with van der Waals surface area (Å²) >= 11 is 6.22. The molecule has 2 atom stereocenters. The summed E-state index contributed by atoms with van der Waals surface area (Å²) in [5.41, 5.74) is 4.75. The SMILES string of the molecule is C[C@](O)(C(=O)Nc1cc(Cl)c2c(N)noc2c1)[C@H]1OCCN(c2ccn(-c3ccncc3)n2)C1=O. The van der Waals surface area contributed by atoms with E-state index in [-0.39, 0.29) is 35.3 Å². The fourth-order valence-electron chi connectivity index (χ4n) is 3.81. The van der Waals surface area contributed by atoms with E-state index in [4.69, 9.17) is 26.6 Å². The lowest BCUT2D eigenvalue weighted by Crippen LogP contribution is -2.61. The van der Waals surface area contributed by atoms with Crippen molar-refractivity contribution in [3.63, 3.8) is 0 Å². The number of hydrogen-bond donors (Lipinski definition) is 3. The number of nitrogens with two attached hydrogens (primary N) is 1. The first-order valence-corrected chi connectivity index (χ1v) is 10.9. The number of pyridine rings is 1. The van der Waals surface area contributed by atoms with Crippen LogP contribution in [0.25, 0.3) is 16.7 Å². The molecule has 1 saturated heterocycles. The number of nitrogen functional groups attached to an aromatic ring is 1. The summed E-state index contributed by atoms with van der Waals surface area (Å²) in [5.74, 6) is -1.00. The van der Waals surface area contributed by atoms with Gasteiger partial charge in [0.2, 0.25) is 0 Å². The molecule has 1 aromatic carbocycles. The third-order valence-corrected chi connectivity index (χ3v) is 5.95. The number of nitrogens with zero attached hydrogens (tertiary/aromatic N) is 5. The molecule has 35 heavy (non-hydrogen) atoms. The molecule has 0 saturated carbocycles. The minimum absolute atomic E-state index is 0.0943. The minimum Gasteiger partial charge on any atom is -0.380 e. The number of aliphatic hydroxyl groups is 1. The predicted octanol–water partition coefficient (Wildman–Crippen LogP) is 1.77. The first-order chi connectivity index (χ1) is 16.8. The average Bonchev–Trinajstić information content (AvgIpc) is 3.47. The largest absolute Gasteiger partial charge is 0.380 e. The van der Waals surface area contributed by atoms with Gasteiger partial charge in [0.15, 0.2) is 28.9 Å². The first-order valence-electron chi connectivity index (χ1n) is 10.5. The molecule has 2 amide bonds. The normalized spacial score (nSPS) is 18.0. The van der Waals surface area contributed by atoms with Crippen LogP contribution in [0.4, 0.5) is 17.3 Å². The lowest BCUT2D eigenvalue weighted by molar-refractivity contribution is -0.165. The molecular weight excluding hydrogens is 478 g/mol. The van der Waals surface area contributed by atoms with Crippen LogP contribution in [-0.4, -0.2) is 61.7 Å². The molecule has 4 N–H and O–H groups in total. The van der Waals surface area contributed by atoms with Crippen molar-refractivity contribution < 1.29 is 24.0 Å². The van der Waals surface area contributed by atoms with Crippen LogP contribution in [0.2, 0.25) is 5.02 Å². The van der Waals surface area contributed by atoms with Crippen molar-refractivity contribution >= 4 is 51.7 Å². The van der Waals surface area contributed by atoms with E-state index in [9.17, 15) is 14.7 Å². The Morgan fingerprint density at radius 2 is 2.09 bits per heavy atom. The molecule has 180 valence electrons. The van der Waals surface area contributed by atoms with Crippen molar-refractivity contribution in [3.8, 4) is 5.69 Å². The van der Waals surface area contributed by atoms with Crippen LogP contribution in [0.5, 0.6) is 0 Å². The van der Waals surface area contributed by atoms with Crippen LogP contribution in [-0.2, 0) is 14.3 Å². The Morgan fingerprint density at radius 3 is 2.86 bits per heavy atom. The number of ether oxygens (including phenoxy) is 1. The highest BCUT2D eigenvalue weighted by Crippen LogP contribution is 2.32. The molecular formula is C22H20ClN7O5. The van der Waals surface area contributed by atoms with Gasteiger partial charge in [0.1, 0.15) is 0 Å². The summed E-state index contributed by atoms with van der Waals surface area (Å²) in [6, 6.07) is 8.10. The van der Waals surface area contributed by atoms with Crippen LogP contribution < -0.4 is 16.0 Å². The Hall–Kier alpha value is -4.00. The number of rotatable bonds is 5. The van der Waals surface area contributed by atoms with Gasteiger partial charge in [0, 0.05) is 36.4 Å². The molecule has 1 aliphatic rings. The van der Waals surface area contributed by atoms with E-state index in [2.05, 4.69) is 20.6 Å². The van der Waals surface area contributed by atoms with Gasteiger partial charge in [-0.25, -0.2) is 4.68 Å². The molecule has 0 aliphatic carbocycles. The molecule has 3 aromatic heterocycles. The molecule has 0 spiro atoms. The van der Waals surface area contributed by atoms with Crippen molar-refractivity contribution in [1.29, 1.82) is 0 Å². The third-order valence-electron chi connectivity index (χ3n) is 5.65. The van der Waals surface area contributed by atoms with Gasteiger partial charge >= 0.3 is 0 Å². The lowest BCUT2D eigenvalue weighted by atomic mass is 9.95. The molecule has 0 unspecified atom stereocenters. The van der Waals surface area contributed by atoms with Gasteiger partial charge in [0.05, 0.1) is 29.2 Å². The summed E-state index contributed by atoms with van der Waals surface area (Å²) in [6.45, 7) is 1.51. The molecule has 13 heteroatoms. The van der Waals surface area contributed by atoms with Crippen molar-refractivity contribution in [2.24, 2.45) is 0 Å². The lowest BCUT2D eigenvalue weighted by Gasteiger charge is -2.37. The molecule has 12 nitrogen and oxygen atoms in total. The average molecular weight is 498 g/mol. The molecule has 0 radical (unpaired) electrons. The standard InChI is InChI=1S/C22H20ClN7O5/c1-22(33,21(32)26-12-10-14(23)17-15(11-12)35-28-19(17)24)18-20(31)29(8-9-34-18)16-4-7-30(27-16)13-2-5-25-6-3-13/h2-7,10-11,18,33H,8-9H2,1H3,(H2,24,28)(H,26,32)/t18-,22+/m0/s1. The van der Waals surface area contributed by atoms with Crippen molar-refractivity contribution in [3.05, 3.63) is 53.9 Å². The number of carbonyl (C=O) groups excluding carboxylic acids is 2. The van der Waals surface area contributed by atoms with E-state index in [0.717, 1.165) is 5.69 Å². The van der Waals surface area contributed by atoms with Crippen molar-refractivity contribution in [2.45, 2.75) is 18.6 Å². The second kappa shape index (κ2) is 8.65. The Labute approximate surface area is 203 Å². The van der Waals surface area contributed by atoms with Crippen LogP contribution in [0.3, 0.4) is 0 Å². The number of nitrogens with one attached hydrogen (secondary N) is 1. The third kappa shape index (κ3) is 4.07. The maximum Gasteiger partial charge on any atom is 0.260 e. The maximum absolute atomic E-state index is 13.3. The highest BCUT2D eigenvalue weighted by Gasteiger charge is 2.49. The van der Waals surface area contributed by atoms with E-state index in [1.807, 2.05) is 0 Å². The number of anilines is 3. The Kier molecular flexibility index (Phi) is 5.63. The molecule has 1 aliphatic heterocycles. The highest BCUT2D eigenvalue weighted by atomic mass is 35.5. The number of fused-ring (bicyclic) bond motifs is 1. The zero-order valence-electron chi connectivity index (χ0n) is 18.4. The quantitative estimate of drug-likeness (QED) is 0.373. The van der Waals surface area contributed by atoms with Gasteiger partial charge in [-0.05, 0) is 25.1 Å². The van der Waals surface area contributed by atoms with Gasteiger partial charge < -0.3 is 25.4 Å². The number of amides is 2. The monoisotopic (exact) mass is 497 g/mol. The van der Waals surface area contributed by atoms with E-state index < -0.39 is 23.5 Å². The Balaban J connectivity index is 1.35. The van der Waals surface area contributed by atoms with Crippen molar-refractivity contribution in [2.75, 3.05) is 29.1 Å². The number of benzene rings is 1. The predicted molar refractivity (Wildman–Crippen MR) is 126 cm³/mol. The van der Waals surface area contributed by atoms with Gasteiger partial charge in [-0.2, -0.15) is 0 Å². The van der Waals surface area contributed by atoms with E-state index >= 15 is 0 Å². The molecule has 0 bridgehead atoms. The second-order valence-electron chi connectivity index (χ2n) is 8.07. The number of aromatic nitrogens is 4. The number of halogens is 1. The summed E-state index contributed by atoms with van der Waals surface area (Å²) < 4.78 is 12.2. The Morgan fingerprint density at radius 1 is 1.31 bits per heavy atom. The van der Waals surface area contributed by atoms with Gasteiger partial charge in [-0.15, -0.1) is 5.10 Å². The zero-order chi connectivity index (χ0) is 24.7. The molecule has 1 fully saturated rings. The van der Waals surface area contributed by atoms with Crippen LogP contribution >= 0.6 is 11.6 Å². The first kappa shape index (κ1) is 22.8. The van der Waals surface area contributed by atoms with E-state index in [1.165, 1.54) is 24.0 Å². The van der Waals surface area contributed by atoms with Crippen LogP contribution in [0.15, 0.2) is 53.4 Å². The van der Waals surface area contributed by atoms with Crippen LogP contribution in [0.1, 0.15) is 6.92 Å².